The monoisotopic (exact) mass is 282 g/mol. The number of rotatable bonds is 3. The Bertz CT molecular complexity index is 468. The van der Waals surface area contributed by atoms with E-state index in [4.69, 9.17) is 4.74 Å². The maximum atomic E-state index is 11.6. The quantitative estimate of drug-likeness (QED) is 0.860. The van der Waals surface area contributed by atoms with Crippen LogP contribution in [-0.4, -0.2) is 24.1 Å². The molecule has 1 atom stereocenters. The largest absolute Gasteiger partial charge is 0.464 e. The molecule has 1 saturated carbocycles. The van der Waals surface area contributed by atoms with Gasteiger partial charge in [-0.1, -0.05) is 26.7 Å². The molecule has 2 rings (SSSR count). The van der Waals surface area contributed by atoms with Crippen LogP contribution in [0.4, 0.5) is 5.13 Å². The zero-order valence-electron chi connectivity index (χ0n) is 12.1. The smallest absolute Gasteiger partial charge is 0.357 e. The van der Waals surface area contributed by atoms with Gasteiger partial charge in [-0.3, -0.25) is 0 Å². The number of methoxy groups -OCH3 is 1. The van der Waals surface area contributed by atoms with Gasteiger partial charge in [-0.25, -0.2) is 9.78 Å². The molecule has 0 amide bonds. The first-order valence-corrected chi connectivity index (χ1v) is 7.58. The lowest BCUT2D eigenvalue weighted by atomic mass is 9.73. The van der Waals surface area contributed by atoms with E-state index in [1.54, 1.807) is 0 Å². The van der Waals surface area contributed by atoms with Gasteiger partial charge in [-0.2, -0.15) is 0 Å². The predicted octanol–water partition coefficient (Wildman–Crippen LogP) is 3.62. The number of carbonyl (C=O) groups is 1. The van der Waals surface area contributed by atoms with E-state index < -0.39 is 0 Å². The number of anilines is 1. The van der Waals surface area contributed by atoms with Crippen LogP contribution < -0.4 is 5.32 Å². The zero-order valence-corrected chi connectivity index (χ0v) is 12.9. The number of aromatic nitrogens is 1. The van der Waals surface area contributed by atoms with Crippen molar-refractivity contribution in [3.63, 3.8) is 0 Å². The highest BCUT2D eigenvalue weighted by molar-refractivity contribution is 7.15. The summed E-state index contributed by atoms with van der Waals surface area (Å²) in [6.45, 7) is 6.50. The lowest BCUT2D eigenvalue weighted by molar-refractivity contribution is 0.0594. The van der Waals surface area contributed by atoms with Crippen molar-refractivity contribution in [3.05, 3.63) is 10.6 Å². The van der Waals surface area contributed by atoms with E-state index in [0.29, 0.717) is 11.7 Å². The number of ether oxygens (including phenoxy) is 1. The number of hydrogen-bond donors (Lipinski definition) is 1. The highest BCUT2D eigenvalue weighted by atomic mass is 32.1. The van der Waals surface area contributed by atoms with Crippen LogP contribution in [0.2, 0.25) is 0 Å². The topological polar surface area (TPSA) is 51.2 Å². The molecule has 1 fully saturated rings. The summed E-state index contributed by atoms with van der Waals surface area (Å²) in [5.41, 5.74) is 0.715. The second-order valence-corrected chi connectivity index (χ2v) is 7.05. The van der Waals surface area contributed by atoms with Crippen LogP contribution in [0.15, 0.2) is 0 Å². The van der Waals surface area contributed by atoms with Gasteiger partial charge in [-0.05, 0) is 25.2 Å². The Morgan fingerprint density at radius 2 is 2.21 bits per heavy atom. The average molecular weight is 282 g/mol. The molecule has 0 radical (unpaired) electrons. The maximum Gasteiger partial charge on any atom is 0.357 e. The van der Waals surface area contributed by atoms with Gasteiger partial charge in [-0.15, -0.1) is 11.3 Å². The third kappa shape index (κ3) is 3.08. The predicted molar refractivity (Wildman–Crippen MR) is 77.9 cm³/mol. The van der Waals surface area contributed by atoms with Crippen molar-refractivity contribution in [2.45, 2.75) is 52.5 Å². The van der Waals surface area contributed by atoms with E-state index in [1.807, 2.05) is 6.92 Å². The molecule has 0 aromatic carbocycles. The second kappa shape index (κ2) is 5.49. The fraction of sp³-hybridized carbons (Fsp3) is 0.714. The van der Waals surface area contributed by atoms with Crippen molar-refractivity contribution < 1.29 is 9.53 Å². The molecule has 19 heavy (non-hydrogen) atoms. The van der Waals surface area contributed by atoms with Crippen LogP contribution in [0.1, 0.15) is 54.9 Å². The molecule has 1 N–H and O–H groups in total. The first-order valence-electron chi connectivity index (χ1n) is 6.76. The third-order valence-electron chi connectivity index (χ3n) is 3.98. The lowest BCUT2D eigenvalue weighted by Crippen LogP contribution is -2.38. The number of carbonyl (C=O) groups excluding carboxylic acids is 1. The van der Waals surface area contributed by atoms with Crippen molar-refractivity contribution in [3.8, 4) is 0 Å². The summed E-state index contributed by atoms with van der Waals surface area (Å²) in [5, 5.41) is 4.34. The third-order valence-corrected chi connectivity index (χ3v) is 4.88. The van der Waals surface area contributed by atoms with Crippen molar-refractivity contribution in [1.82, 2.24) is 4.98 Å². The Morgan fingerprint density at radius 3 is 2.84 bits per heavy atom. The number of aryl methyl sites for hydroxylation is 1. The van der Waals surface area contributed by atoms with Gasteiger partial charge in [0.05, 0.1) is 7.11 Å². The molecule has 106 valence electrons. The molecule has 1 aromatic rings. The molecule has 1 heterocycles. The van der Waals surface area contributed by atoms with Gasteiger partial charge in [0.2, 0.25) is 0 Å². The first kappa shape index (κ1) is 14.3. The molecular formula is C14H22N2O2S. The fourth-order valence-corrected chi connectivity index (χ4v) is 3.51. The summed E-state index contributed by atoms with van der Waals surface area (Å²) in [7, 11) is 1.39. The number of nitrogens with one attached hydrogen (secondary N) is 1. The summed E-state index contributed by atoms with van der Waals surface area (Å²) in [6, 6.07) is 0.428. The van der Waals surface area contributed by atoms with Crippen molar-refractivity contribution in [2.24, 2.45) is 5.41 Å². The van der Waals surface area contributed by atoms with E-state index in [9.17, 15) is 4.79 Å². The number of nitrogens with zero attached hydrogens (tertiary/aromatic N) is 1. The molecule has 1 unspecified atom stereocenters. The molecule has 0 bridgehead atoms. The fourth-order valence-electron chi connectivity index (χ4n) is 2.65. The van der Waals surface area contributed by atoms with Gasteiger partial charge >= 0.3 is 5.97 Å². The molecule has 1 aromatic heterocycles. The molecule has 0 spiro atoms. The molecule has 1 aliphatic carbocycles. The molecule has 0 saturated heterocycles. The minimum Gasteiger partial charge on any atom is -0.464 e. The van der Waals surface area contributed by atoms with Gasteiger partial charge in [0.25, 0.3) is 0 Å². The minimum atomic E-state index is -0.357. The highest BCUT2D eigenvalue weighted by Crippen LogP contribution is 2.38. The van der Waals surface area contributed by atoms with E-state index in [-0.39, 0.29) is 11.4 Å². The SMILES string of the molecule is COC(=O)c1nc(NC2CCCCC2(C)C)sc1C. The Hall–Kier alpha value is -1.10. The molecule has 1 aliphatic rings. The molecule has 0 aliphatic heterocycles. The van der Waals surface area contributed by atoms with Gasteiger partial charge in [0.1, 0.15) is 0 Å². The maximum absolute atomic E-state index is 11.6. The van der Waals surface area contributed by atoms with E-state index in [2.05, 4.69) is 24.1 Å². The molecule has 4 nitrogen and oxygen atoms in total. The summed E-state index contributed by atoms with van der Waals surface area (Å²) >= 11 is 1.53. The van der Waals surface area contributed by atoms with E-state index in [0.717, 1.165) is 10.0 Å². The number of thiazole rings is 1. The Balaban J connectivity index is 2.13. The summed E-state index contributed by atoms with van der Waals surface area (Å²) < 4.78 is 4.74. The van der Waals surface area contributed by atoms with Crippen LogP contribution in [-0.2, 0) is 4.74 Å². The van der Waals surface area contributed by atoms with Gasteiger partial charge in [0, 0.05) is 10.9 Å². The average Bonchev–Trinajstić information content (AvgIpc) is 2.72. The molecular weight excluding hydrogens is 260 g/mol. The first-order chi connectivity index (χ1) is 8.94. The lowest BCUT2D eigenvalue weighted by Gasteiger charge is -2.38. The van der Waals surface area contributed by atoms with Crippen molar-refractivity contribution in [2.75, 3.05) is 12.4 Å². The van der Waals surface area contributed by atoms with Gasteiger partial charge in [0.15, 0.2) is 10.8 Å². The van der Waals surface area contributed by atoms with Crippen LogP contribution in [0.25, 0.3) is 0 Å². The van der Waals surface area contributed by atoms with Crippen LogP contribution in [0.5, 0.6) is 0 Å². The minimum absolute atomic E-state index is 0.281. The van der Waals surface area contributed by atoms with E-state index in [1.165, 1.54) is 44.1 Å². The van der Waals surface area contributed by atoms with E-state index >= 15 is 0 Å². The highest BCUT2D eigenvalue weighted by Gasteiger charge is 2.32. The van der Waals surface area contributed by atoms with Crippen LogP contribution in [0, 0.1) is 12.3 Å². The van der Waals surface area contributed by atoms with Crippen molar-refractivity contribution >= 4 is 22.4 Å². The number of hydrogen-bond acceptors (Lipinski definition) is 5. The Labute approximate surface area is 118 Å². The Morgan fingerprint density at radius 1 is 1.47 bits per heavy atom. The Kier molecular flexibility index (Phi) is 4.13. The van der Waals surface area contributed by atoms with Gasteiger partial charge < -0.3 is 10.1 Å². The summed E-state index contributed by atoms with van der Waals surface area (Å²) in [6.07, 6.45) is 4.96. The standard InChI is InChI=1S/C14H22N2O2S/c1-9-11(12(17)18-4)16-13(19-9)15-10-7-5-6-8-14(10,2)3/h10H,5-8H2,1-4H3,(H,15,16). The number of esters is 1. The van der Waals surface area contributed by atoms with Crippen LogP contribution in [0.3, 0.4) is 0 Å². The second-order valence-electron chi connectivity index (χ2n) is 5.85. The summed E-state index contributed by atoms with van der Waals surface area (Å²) in [5.74, 6) is -0.357. The van der Waals surface area contributed by atoms with Crippen LogP contribution >= 0.6 is 11.3 Å². The summed E-state index contributed by atoms with van der Waals surface area (Å²) in [4.78, 5) is 16.8. The molecule has 5 heteroatoms. The zero-order chi connectivity index (χ0) is 14.0. The normalized spacial score (nSPS) is 22.0. The van der Waals surface area contributed by atoms with Crippen molar-refractivity contribution in [1.29, 1.82) is 0 Å².